The maximum Gasteiger partial charge on any atom is 0.335 e. The van der Waals surface area contributed by atoms with Crippen LogP contribution in [0, 0.1) is 11.3 Å². The van der Waals surface area contributed by atoms with E-state index in [4.69, 9.17) is 9.84 Å². The number of carbonyl (C=O) groups is 1. The first kappa shape index (κ1) is 13.6. The fourth-order valence-corrected chi connectivity index (χ4v) is 2.97. The number of rotatable bonds is 2. The largest absolute Gasteiger partial charge is 0.478 e. The molecule has 0 radical (unpaired) electrons. The molecule has 5 heteroatoms. The molecule has 0 spiro atoms. The van der Waals surface area contributed by atoms with Gasteiger partial charge >= 0.3 is 5.97 Å². The average molecular weight is 304 g/mol. The van der Waals surface area contributed by atoms with Crippen LogP contribution in [0.2, 0.25) is 0 Å². The van der Waals surface area contributed by atoms with Gasteiger partial charge in [-0.3, -0.25) is 0 Å². The Morgan fingerprint density at radius 2 is 1.87 bits per heavy atom. The normalized spacial score (nSPS) is 13.0. The van der Waals surface area contributed by atoms with Crippen LogP contribution < -0.4 is 0 Å². The van der Waals surface area contributed by atoms with E-state index < -0.39 is 5.97 Å². The maximum atomic E-state index is 11.0. The number of aromatic carboxylic acids is 1. The zero-order valence-corrected chi connectivity index (χ0v) is 12.1. The Morgan fingerprint density at radius 3 is 2.52 bits per heavy atom. The lowest BCUT2D eigenvalue weighted by Gasteiger charge is -2.07. The molecule has 0 atom stereocenters. The van der Waals surface area contributed by atoms with Gasteiger partial charge in [-0.15, -0.1) is 0 Å². The molecular formula is C18H12N2O3. The van der Waals surface area contributed by atoms with Crippen LogP contribution >= 0.6 is 0 Å². The summed E-state index contributed by atoms with van der Waals surface area (Å²) in [6.45, 7) is 1.16. The van der Waals surface area contributed by atoms with Crippen LogP contribution in [0.25, 0.3) is 16.6 Å². The number of ether oxygens (including phenoxy) is 1. The smallest absolute Gasteiger partial charge is 0.335 e. The molecule has 0 saturated carbocycles. The summed E-state index contributed by atoms with van der Waals surface area (Å²) in [6.07, 6.45) is 1.79. The Labute approximate surface area is 132 Å². The minimum absolute atomic E-state index is 0.236. The third-order valence-corrected chi connectivity index (χ3v) is 4.15. The molecule has 112 valence electrons. The first-order valence-corrected chi connectivity index (χ1v) is 7.16. The van der Waals surface area contributed by atoms with E-state index in [9.17, 15) is 10.1 Å². The van der Waals surface area contributed by atoms with Crippen molar-refractivity contribution in [2.45, 2.75) is 13.2 Å². The van der Waals surface area contributed by atoms with Gasteiger partial charge in [0.2, 0.25) is 0 Å². The van der Waals surface area contributed by atoms with Gasteiger partial charge in [-0.05, 0) is 47.5 Å². The van der Waals surface area contributed by atoms with Gasteiger partial charge in [0, 0.05) is 17.3 Å². The molecule has 1 aromatic heterocycles. The lowest BCUT2D eigenvalue weighted by atomic mass is 10.1. The average Bonchev–Trinajstić information content (AvgIpc) is 3.16. The van der Waals surface area contributed by atoms with E-state index in [1.807, 2.05) is 16.7 Å². The van der Waals surface area contributed by atoms with E-state index in [2.05, 4.69) is 6.07 Å². The fourth-order valence-electron chi connectivity index (χ4n) is 2.97. The van der Waals surface area contributed by atoms with Crippen molar-refractivity contribution >= 4 is 16.9 Å². The van der Waals surface area contributed by atoms with Crippen molar-refractivity contribution in [3.05, 3.63) is 64.8 Å². The van der Waals surface area contributed by atoms with Crippen molar-refractivity contribution < 1.29 is 14.6 Å². The summed E-state index contributed by atoms with van der Waals surface area (Å²) in [7, 11) is 0. The van der Waals surface area contributed by atoms with E-state index in [1.54, 1.807) is 30.5 Å². The predicted molar refractivity (Wildman–Crippen MR) is 83.4 cm³/mol. The van der Waals surface area contributed by atoms with Crippen molar-refractivity contribution in [3.8, 4) is 11.8 Å². The number of benzene rings is 2. The first-order chi connectivity index (χ1) is 11.2. The van der Waals surface area contributed by atoms with Gasteiger partial charge in [0.05, 0.1) is 29.9 Å². The van der Waals surface area contributed by atoms with E-state index in [1.165, 1.54) is 0 Å². The number of hydrogen-bond acceptors (Lipinski definition) is 3. The van der Waals surface area contributed by atoms with Crippen molar-refractivity contribution in [3.63, 3.8) is 0 Å². The minimum Gasteiger partial charge on any atom is -0.478 e. The van der Waals surface area contributed by atoms with Crippen LogP contribution in [0.5, 0.6) is 0 Å². The van der Waals surface area contributed by atoms with E-state index in [0.717, 1.165) is 27.7 Å². The molecule has 5 nitrogen and oxygen atoms in total. The van der Waals surface area contributed by atoms with Gasteiger partial charge in [0.15, 0.2) is 0 Å². The quantitative estimate of drug-likeness (QED) is 0.788. The third-order valence-electron chi connectivity index (χ3n) is 4.15. The maximum absolute atomic E-state index is 11.0. The molecule has 0 fully saturated rings. The number of nitrogens with zero attached hydrogens (tertiary/aromatic N) is 2. The third kappa shape index (κ3) is 2.08. The molecule has 0 amide bonds. The van der Waals surface area contributed by atoms with Gasteiger partial charge in [0.25, 0.3) is 0 Å². The van der Waals surface area contributed by atoms with Gasteiger partial charge in [-0.1, -0.05) is 0 Å². The fraction of sp³-hybridized carbons (Fsp3) is 0.111. The molecule has 0 bridgehead atoms. The number of carboxylic acids is 1. The van der Waals surface area contributed by atoms with E-state index in [-0.39, 0.29) is 5.56 Å². The van der Waals surface area contributed by atoms with Crippen molar-refractivity contribution in [2.75, 3.05) is 0 Å². The van der Waals surface area contributed by atoms with Crippen LogP contribution in [-0.4, -0.2) is 15.6 Å². The van der Waals surface area contributed by atoms with Gasteiger partial charge < -0.3 is 14.4 Å². The van der Waals surface area contributed by atoms with Gasteiger partial charge in [-0.25, -0.2) is 4.79 Å². The zero-order valence-electron chi connectivity index (χ0n) is 12.1. The SMILES string of the molecule is N#Cc1cn(-c2ccc(C(=O)O)cc2)c2cc3c(cc12)COC3. The van der Waals surface area contributed by atoms with Crippen LogP contribution in [0.1, 0.15) is 27.0 Å². The summed E-state index contributed by atoms with van der Waals surface area (Å²) >= 11 is 0. The first-order valence-electron chi connectivity index (χ1n) is 7.16. The monoisotopic (exact) mass is 304 g/mol. The summed E-state index contributed by atoms with van der Waals surface area (Å²) < 4.78 is 7.37. The molecule has 23 heavy (non-hydrogen) atoms. The highest BCUT2D eigenvalue weighted by Gasteiger charge is 2.17. The van der Waals surface area contributed by atoms with E-state index in [0.29, 0.717) is 18.8 Å². The molecule has 0 unspecified atom stereocenters. The highest BCUT2D eigenvalue weighted by Crippen LogP contribution is 2.31. The Kier molecular flexibility index (Phi) is 2.93. The van der Waals surface area contributed by atoms with Crippen LogP contribution in [-0.2, 0) is 18.0 Å². The number of carboxylic acid groups (broad SMARTS) is 1. The lowest BCUT2D eigenvalue weighted by Crippen LogP contribution is -1.98. The second-order valence-corrected chi connectivity index (χ2v) is 5.51. The number of nitriles is 1. The van der Waals surface area contributed by atoms with Crippen LogP contribution in [0.4, 0.5) is 0 Å². The van der Waals surface area contributed by atoms with Crippen LogP contribution in [0.15, 0.2) is 42.6 Å². The second kappa shape index (κ2) is 4.97. The number of fused-ring (bicyclic) bond motifs is 2. The predicted octanol–water partition coefficient (Wildman–Crippen LogP) is 3.23. The lowest BCUT2D eigenvalue weighted by molar-refractivity contribution is 0.0697. The molecule has 2 heterocycles. The number of aromatic nitrogens is 1. The summed E-state index contributed by atoms with van der Waals surface area (Å²) in [4.78, 5) is 11.0. The minimum atomic E-state index is -0.957. The Balaban J connectivity index is 1.93. The Morgan fingerprint density at radius 1 is 1.17 bits per heavy atom. The standard InChI is InChI=1S/C18H12N2O3/c19-7-14-8-20(15-3-1-11(2-4-15)18(21)22)17-6-13-10-23-9-12(13)5-16(14)17/h1-6,8H,9-10H2,(H,21,22). The highest BCUT2D eigenvalue weighted by molar-refractivity contribution is 5.90. The topological polar surface area (TPSA) is 75.2 Å². The summed E-state index contributed by atoms with van der Waals surface area (Å²) in [6, 6.07) is 12.9. The zero-order chi connectivity index (χ0) is 16.0. The van der Waals surface area contributed by atoms with Crippen molar-refractivity contribution in [1.82, 2.24) is 4.57 Å². The molecule has 0 saturated heterocycles. The second-order valence-electron chi connectivity index (χ2n) is 5.51. The molecule has 0 aliphatic carbocycles. The molecule has 4 rings (SSSR count). The van der Waals surface area contributed by atoms with E-state index >= 15 is 0 Å². The summed E-state index contributed by atoms with van der Waals surface area (Å²) in [5.74, 6) is -0.957. The number of hydrogen-bond donors (Lipinski definition) is 1. The molecule has 1 aliphatic rings. The molecule has 3 aromatic rings. The van der Waals surface area contributed by atoms with Crippen molar-refractivity contribution in [2.24, 2.45) is 0 Å². The molecule has 1 N–H and O–H groups in total. The summed E-state index contributed by atoms with van der Waals surface area (Å²) in [5.41, 5.74) is 4.82. The molecule has 2 aromatic carbocycles. The Hall–Kier alpha value is -3.10. The Bertz CT molecular complexity index is 978. The van der Waals surface area contributed by atoms with Crippen molar-refractivity contribution in [1.29, 1.82) is 5.26 Å². The van der Waals surface area contributed by atoms with Gasteiger partial charge in [0.1, 0.15) is 6.07 Å². The van der Waals surface area contributed by atoms with Crippen LogP contribution in [0.3, 0.4) is 0 Å². The summed E-state index contributed by atoms with van der Waals surface area (Å²) in [5, 5.41) is 19.3. The van der Waals surface area contributed by atoms with Gasteiger partial charge in [-0.2, -0.15) is 5.26 Å². The molecular weight excluding hydrogens is 292 g/mol. The molecule has 1 aliphatic heterocycles. The highest BCUT2D eigenvalue weighted by atomic mass is 16.5.